The third kappa shape index (κ3) is 7.30. The smallest absolute Gasteiger partial charge is 0.303 e. The average Bonchev–Trinajstić information content (AvgIpc) is 2.63. The first-order valence-corrected chi connectivity index (χ1v) is 7.93. The van der Waals surface area contributed by atoms with E-state index in [0.29, 0.717) is 18.7 Å². The number of nitrogens with one attached hydrogen (secondary N) is 1. The first-order valence-electron chi connectivity index (χ1n) is 7.93. The number of benzene rings is 1. The van der Waals surface area contributed by atoms with E-state index in [1.54, 1.807) is 24.5 Å². The van der Waals surface area contributed by atoms with E-state index in [1.807, 2.05) is 36.4 Å². The topological polar surface area (TPSA) is 88.5 Å². The summed E-state index contributed by atoms with van der Waals surface area (Å²) in [5.41, 5.74) is 2.08. The number of ether oxygens (including phenoxy) is 1. The summed E-state index contributed by atoms with van der Waals surface area (Å²) in [4.78, 5) is 25.9. The molecular weight excluding hydrogens is 320 g/mol. The maximum absolute atomic E-state index is 11.6. The molecule has 0 unspecified atom stereocenters. The number of carboxylic acids is 1. The highest BCUT2D eigenvalue weighted by Crippen LogP contribution is 2.14. The molecule has 25 heavy (non-hydrogen) atoms. The summed E-state index contributed by atoms with van der Waals surface area (Å²) in [5, 5.41) is 11.1. The molecule has 1 amide bonds. The van der Waals surface area contributed by atoms with Gasteiger partial charge in [0.1, 0.15) is 5.75 Å². The van der Waals surface area contributed by atoms with Crippen molar-refractivity contribution in [3.63, 3.8) is 0 Å². The van der Waals surface area contributed by atoms with Gasteiger partial charge in [0.25, 0.3) is 5.91 Å². The van der Waals surface area contributed by atoms with Gasteiger partial charge in [0.15, 0.2) is 6.61 Å². The summed E-state index contributed by atoms with van der Waals surface area (Å²) in [6.45, 7) is 0.229. The van der Waals surface area contributed by atoms with Crippen LogP contribution in [0, 0.1) is 0 Å². The highest BCUT2D eigenvalue weighted by atomic mass is 16.5. The zero-order valence-corrected chi connectivity index (χ0v) is 13.7. The highest BCUT2D eigenvalue weighted by Gasteiger charge is 2.03. The minimum absolute atomic E-state index is 0.0373. The molecule has 1 aromatic carbocycles. The van der Waals surface area contributed by atoms with Crippen molar-refractivity contribution in [3.8, 4) is 5.75 Å². The molecular formula is C19H20N2O4. The van der Waals surface area contributed by atoms with Crippen LogP contribution in [0.4, 0.5) is 0 Å². The summed E-state index contributed by atoms with van der Waals surface area (Å²) in [6, 6.07) is 11.2. The Morgan fingerprint density at radius 1 is 1.04 bits per heavy atom. The van der Waals surface area contributed by atoms with Crippen LogP contribution in [0.2, 0.25) is 0 Å². The number of hydrogen-bond acceptors (Lipinski definition) is 4. The Kier molecular flexibility index (Phi) is 7.18. The molecule has 0 aliphatic heterocycles. The summed E-state index contributed by atoms with van der Waals surface area (Å²) in [7, 11) is 0. The highest BCUT2D eigenvalue weighted by molar-refractivity contribution is 5.77. The SMILES string of the molecule is O=C(O)CCCNC(=O)COc1ccc(/C=C/c2ccncc2)cc1. The third-order valence-electron chi connectivity index (χ3n) is 3.31. The van der Waals surface area contributed by atoms with Crippen LogP contribution in [-0.2, 0) is 9.59 Å². The van der Waals surface area contributed by atoms with Crippen LogP contribution >= 0.6 is 0 Å². The molecule has 0 fully saturated rings. The Morgan fingerprint density at radius 3 is 2.32 bits per heavy atom. The maximum atomic E-state index is 11.6. The van der Waals surface area contributed by atoms with Gasteiger partial charge in [-0.2, -0.15) is 0 Å². The van der Waals surface area contributed by atoms with Gasteiger partial charge in [-0.3, -0.25) is 14.6 Å². The lowest BCUT2D eigenvalue weighted by Gasteiger charge is -2.07. The second-order valence-corrected chi connectivity index (χ2v) is 5.32. The number of amides is 1. The van der Waals surface area contributed by atoms with E-state index in [0.717, 1.165) is 11.1 Å². The molecule has 6 heteroatoms. The molecule has 0 atom stereocenters. The second-order valence-electron chi connectivity index (χ2n) is 5.32. The molecule has 0 spiro atoms. The minimum atomic E-state index is -0.872. The summed E-state index contributed by atoms with van der Waals surface area (Å²) < 4.78 is 5.40. The van der Waals surface area contributed by atoms with Gasteiger partial charge in [-0.25, -0.2) is 0 Å². The zero-order valence-electron chi connectivity index (χ0n) is 13.7. The van der Waals surface area contributed by atoms with Gasteiger partial charge in [-0.1, -0.05) is 24.3 Å². The standard InChI is InChI=1S/C19H20N2O4/c22-18(21-11-1-2-19(23)24)14-25-17-7-5-15(6-8-17)3-4-16-9-12-20-13-10-16/h3-10,12-13H,1-2,11,14H2,(H,21,22)(H,23,24)/b4-3+. The summed E-state index contributed by atoms with van der Waals surface area (Å²) in [6.07, 6.45) is 7.89. The minimum Gasteiger partial charge on any atom is -0.484 e. The normalized spacial score (nSPS) is 10.6. The quantitative estimate of drug-likeness (QED) is 0.685. The van der Waals surface area contributed by atoms with Crippen molar-refractivity contribution in [2.45, 2.75) is 12.8 Å². The van der Waals surface area contributed by atoms with Crippen LogP contribution in [0.1, 0.15) is 24.0 Å². The molecule has 2 rings (SSSR count). The molecule has 0 radical (unpaired) electrons. The molecule has 0 aliphatic rings. The Morgan fingerprint density at radius 2 is 1.68 bits per heavy atom. The number of carbonyl (C=O) groups excluding carboxylic acids is 1. The molecule has 1 aromatic heterocycles. The molecule has 1 heterocycles. The number of aliphatic carboxylic acids is 1. The predicted octanol–water partition coefficient (Wildman–Crippen LogP) is 2.61. The number of hydrogen-bond donors (Lipinski definition) is 2. The van der Waals surface area contributed by atoms with Gasteiger partial charge in [-0.15, -0.1) is 0 Å². The predicted molar refractivity (Wildman–Crippen MR) is 95.0 cm³/mol. The molecule has 6 nitrogen and oxygen atoms in total. The number of carbonyl (C=O) groups is 2. The Hall–Kier alpha value is -3.15. The lowest BCUT2D eigenvalue weighted by Crippen LogP contribution is -2.29. The average molecular weight is 340 g/mol. The van der Waals surface area contributed by atoms with Crippen molar-refractivity contribution in [1.29, 1.82) is 0 Å². The van der Waals surface area contributed by atoms with Crippen molar-refractivity contribution in [1.82, 2.24) is 10.3 Å². The first kappa shape index (κ1) is 18.2. The van der Waals surface area contributed by atoms with E-state index in [9.17, 15) is 9.59 Å². The Balaban J connectivity index is 1.74. The van der Waals surface area contributed by atoms with Gasteiger partial charge in [0.05, 0.1) is 0 Å². The fourth-order valence-electron chi connectivity index (χ4n) is 2.01. The van der Waals surface area contributed by atoms with E-state index < -0.39 is 5.97 Å². The van der Waals surface area contributed by atoms with Gasteiger partial charge < -0.3 is 15.2 Å². The van der Waals surface area contributed by atoms with E-state index in [2.05, 4.69) is 10.3 Å². The molecule has 0 saturated carbocycles. The fraction of sp³-hybridized carbons (Fsp3) is 0.211. The van der Waals surface area contributed by atoms with Crippen molar-refractivity contribution >= 4 is 24.0 Å². The molecule has 0 bridgehead atoms. The maximum Gasteiger partial charge on any atom is 0.303 e. The van der Waals surface area contributed by atoms with Crippen molar-refractivity contribution in [2.75, 3.05) is 13.2 Å². The van der Waals surface area contributed by atoms with E-state index in [1.165, 1.54) is 0 Å². The second kappa shape index (κ2) is 9.87. The molecule has 130 valence electrons. The summed E-state index contributed by atoms with van der Waals surface area (Å²) >= 11 is 0. The third-order valence-corrected chi connectivity index (χ3v) is 3.31. The largest absolute Gasteiger partial charge is 0.484 e. The number of rotatable bonds is 9. The van der Waals surface area contributed by atoms with Gasteiger partial charge >= 0.3 is 5.97 Å². The lowest BCUT2D eigenvalue weighted by molar-refractivity contribution is -0.137. The van der Waals surface area contributed by atoms with E-state index >= 15 is 0 Å². The van der Waals surface area contributed by atoms with Crippen LogP contribution in [0.5, 0.6) is 5.75 Å². The van der Waals surface area contributed by atoms with Crippen LogP contribution in [0.3, 0.4) is 0 Å². The zero-order chi connectivity index (χ0) is 17.9. The van der Waals surface area contributed by atoms with Crippen molar-refractivity contribution in [2.24, 2.45) is 0 Å². The van der Waals surface area contributed by atoms with Crippen molar-refractivity contribution in [3.05, 3.63) is 59.9 Å². The lowest BCUT2D eigenvalue weighted by atomic mass is 10.1. The number of aromatic nitrogens is 1. The van der Waals surface area contributed by atoms with Crippen LogP contribution in [-0.4, -0.2) is 35.1 Å². The van der Waals surface area contributed by atoms with Crippen LogP contribution < -0.4 is 10.1 Å². The molecule has 2 aromatic rings. The Labute approximate surface area is 146 Å². The monoisotopic (exact) mass is 340 g/mol. The molecule has 0 aliphatic carbocycles. The number of pyridine rings is 1. The molecule has 0 saturated heterocycles. The van der Waals surface area contributed by atoms with Crippen LogP contribution in [0.15, 0.2) is 48.8 Å². The Bertz CT molecular complexity index is 712. The first-order chi connectivity index (χ1) is 12.1. The molecule has 2 N–H and O–H groups in total. The fourth-order valence-corrected chi connectivity index (χ4v) is 2.01. The summed E-state index contributed by atoms with van der Waals surface area (Å²) in [5.74, 6) is -0.544. The van der Waals surface area contributed by atoms with Crippen molar-refractivity contribution < 1.29 is 19.4 Å². The van der Waals surface area contributed by atoms with Gasteiger partial charge in [-0.05, 0) is 41.8 Å². The van der Waals surface area contributed by atoms with Gasteiger partial charge in [0, 0.05) is 25.4 Å². The van der Waals surface area contributed by atoms with E-state index in [-0.39, 0.29) is 18.9 Å². The van der Waals surface area contributed by atoms with Crippen LogP contribution in [0.25, 0.3) is 12.2 Å². The van der Waals surface area contributed by atoms with E-state index in [4.69, 9.17) is 9.84 Å². The number of carboxylic acid groups (broad SMARTS) is 1. The number of nitrogens with zero attached hydrogens (tertiary/aromatic N) is 1. The van der Waals surface area contributed by atoms with Gasteiger partial charge in [0.2, 0.25) is 0 Å².